The third-order valence-corrected chi connectivity index (χ3v) is 3.90. The van der Waals surface area contributed by atoms with Crippen molar-refractivity contribution in [3.63, 3.8) is 0 Å². The van der Waals surface area contributed by atoms with E-state index < -0.39 is 4.92 Å². The minimum atomic E-state index is -0.408. The van der Waals surface area contributed by atoms with Crippen LogP contribution in [-0.2, 0) is 6.54 Å². The molecule has 0 saturated carbocycles. The molecule has 0 aliphatic rings. The Kier molecular flexibility index (Phi) is 4.51. The number of nitro groups is 1. The van der Waals surface area contributed by atoms with Gasteiger partial charge in [0.25, 0.3) is 5.69 Å². The first kappa shape index (κ1) is 14.7. The molecule has 1 aromatic carbocycles. The summed E-state index contributed by atoms with van der Waals surface area (Å²) < 4.78 is 2.53. The second kappa shape index (κ2) is 6.15. The lowest BCUT2D eigenvalue weighted by atomic mass is 10.2. The van der Waals surface area contributed by atoms with Crippen molar-refractivity contribution in [2.24, 2.45) is 0 Å². The Labute approximate surface area is 125 Å². The average molecular weight is 339 g/mol. The molecule has 1 N–H and O–H groups in total. The molecule has 1 heterocycles. The molecule has 0 radical (unpaired) electrons. The van der Waals surface area contributed by atoms with E-state index in [2.05, 4.69) is 33.3 Å². The Morgan fingerprint density at radius 1 is 1.55 bits per heavy atom. The van der Waals surface area contributed by atoms with Crippen molar-refractivity contribution >= 4 is 21.6 Å². The van der Waals surface area contributed by atoms with E-state index in [1.54, 1.807) is 6.07 Å². The van der Waals surface area contributed by atoms with Gasteiger partial charge in [-0.2, -0.15) is 5.10 Å². The van der Waals surface area contributed by atoms with E-state index >= 15 is 0 Å². The van der Waals surface area contributed by atoms with Gasteiger partial charge >= 0.3 is 0 Å². The maximum absolute atomic E-state index is 10.7. The number of rotatable bonds is 5. The molecule has 106 valence electrons. The lowest BCUT2D eigenvalue weighted by Crippen LogP contribution is -2.11. The van der Waals surface area contributed by atoms with Crippen LogP contribution in [0.3, 0.4) is 0 Å². The van der Waals surface area contributed by atoms with Crippen molar-refractivity contribution in [2.45, 2.75) is 19.5 Å². The molecule has 1 atom stereocenters. The average Bonchev–Trinajstić information content (AvgIpc) is 2.88. The highest BCUT2D eigenvalue weighted by atomic mass is 79.9. The lowest BCUT2D eigenvalue weighted by Gasteiger charge is -2.07. The number of nitro benzene ring substituents is 1. The van der Waals surface area contributed by atoms with Gasteiger partial charge in [0.15, 0.2) is 0 Å². The van der Waals surface area contributed by atoms with Gasteiger partial charge in [-0.25, -0.2) is 0 Å². The fourth-order valence-corrected chi connectivity index (χ4v) is 2.30. The van der Waals surface area contributed by atoms with Crippen LogP contribution >= 0.6 is 15.9 Å². The topological polar surface area (TPSA) is 73.0 Å². The van der Waals surface area contributed by atoms with Gasteiger partial charge in [0.2, 0.25) is 0 Å². The summed E-state index contributed by atoms with van der Waals surface area (Å²) in [5.41, 5.74) is 2.12. The second-order valence-corrected chi connectivity index (χ2v) is 5.37. The Hall–Kier alpha value is -1.73. The van der Waals surface area contributed by atoms with Gasteiger partial charge in [0.1, 0.15) is 0 Å². The number of benzene rings is 1. The van der Waals surface area contributed by atoms with Gasteiger partial charge in [-0.3, -0.25) is 14.8 Å². The molecule has 0 spiro atoms. The van der Waals surface area contributed by atoms with Crippen molar-refractivity contribution in [3.8, 4) is 0 Å². The maximum Gasteiger partial charge on any atom is 0.270 e. The molecule has 1 unspecified atom stereocenters. The minimum Gasteiger partial charge on any atom is -0.313 e. The summed E-state index contributed by atoms with van der Waals surface area (Å²) in [4.78, 5) is 10.3. The maximum atomic E-state index is 10.7. The Balaban J connectivity index is 2.18. The second-order valence-electron chi connectivity index (χ2n) is 4.51. The zero-order valence-corrected chi connectivity index (χ0v) is 12.8. The standard InChI is InChI=1S/C13H15BrN4O2/c1-9(15-2)11-6-16-17(8-11)7-10-3-4-12(18(19)20)5-13(10)14/h3-6,8-9,15H,7H2,1-2H3. The van der Waals surface area contributed by atoms with Crippen molar-refractivity contribution in [3.05, 3.63) is 56.3 Å². The molecule has 0 amide bonds. The highest BCUT2D eigenvalue weighted by molar-refractivity contribution is 9.10. The Bertz CT molecular complexity index is 627. The molecule has 0 fully saturated rings. The molecule has 20 heavy (non-hydrogen) atoms. The predicted molar refractivity (Wildman–Crippen MR) is 79.6 cm³/mol. The third kappa shape index (κ3) is 3.23. The number of halogens is 1. The van der Waals surface area contributed by atoms with Crippen LogP contribution < -0.4 is 5.32 Å². The summed E-state index contributed by atoms with van der Waals surface area (Å²) in [6, 6.07) is 4.99. The van der Waals surface area contributed by atoms with Gasteiger partial charge in [-0.1, -0.05) is 15.9 Å². The van der Waals surface area contributed by atoms with E-state index in [1.165, 1.54) is 12.1 Å². The van der Waals surface area contributed by atoms with Crippen molar-refractivity contribution in [1.82, 2.24) is 15.1 Å². The number of non-ortho nitro benzene ring substituents is 1. The van der Waals surface area contributed by atoms with E-state index in [9.17, 15) is 10.1 Å². The van der Waals surface area contributed by atoms with E-state index in [4.69, 9.17) is 0 Å². The van der Waals surface area contributed by atoms with Crippen molar-refractivity contribution < 1.29 is 4.92 Å². The van der Waals surface area contributed by atoms with Gasteiger partial charge in [0, 0.05) is 34.4 Å². The lowest BCUT2D eigenvalue weighted by molar-refractivity contribution is -0.384. The van der Waals surface area contributed by atoms with Crippen molar-refractivity contribution in [1.29, 1.82) is 0 Å². The number of aromatic nitrogens is 2. The third-order valence-electron chi connectivity index (χ3n) is 3.17. The summed E-state index contributed by atoms with van der Waals surface area (Å²) in [7, 11) is 1.90. The summed E-state index contributed by atoms with van der Waals surface area (Å²) >= 11 is 3.36. The molecule has 2 rings (SSSR count). The molecule has 0 aliphatic carbocycles. The van der Waals surface area contributed by atoms with Crippen LogP contribution in [0, 0.1) is 10.1 Å². The summed E-state index contributed by atoms with van der Waals surface area (Å²) in [5.74, 6) is 0. The summed E-state index contributed by atoms with van der Waals surface area (Å²) in [6.45, 7) is 2.62. The quantitative estimate of drug-likeness (QED) is 0.672. The number of hydrogen-bond acceptors (Lipinski definition) is 4. The van der Waals surface area contributed by atoms with Gasteiger partial charge < -0.3 is 5.32 Å². The molecule has 0 bridgehead atoms. The monoisotopic (exact) mass is 338 g/mol. The number of nitrogens with zero attached hydrogens (tertiary/aromatic N) is 3. The highest BCUT2D eigenvalue weighted by Crippen LogP contribution is 2.24. The fraction of sp³-hybridized carbons (Fsp3) is 0.308. The van der Waals surface area contributed by atoms with E-state index in [0.717, 1.165) is 11.1 Å². The van der Waals surface area contributed by atoms with Crippen LogP contribution in [0.5, 0.6) is 0 Å². The van der Waals surface area contributed by atoms with E-state index in [-0.39, 0.29) is 11.7 Å². The summed E-state index contributed by atoms with van der Waals surface area (Å²) in [6.07, 6.45) is 3.79. The number of nitrogens with one attached hydrogen (secondary N) is 1. The van der Waals surface area contributed by atoms with Crippen LogP contribution in [0.2, 0.25) is 0 Å². The zero-order chi connectivity index (χ0) is 14.7. The molecule has 1 aromatic heterocycles. The van der Waals surface area contributed by atoms with Crippen LogP contribution in [0.1, 0.15) is 24.1 Å². The Morgan fingerprint density at radius 2 is 2.30 bits per heavy atom. The van der Waals surface area contributed by atoms with E-state index in [1.807, 2.05) is 24.1 Å². The predicted octanol–water partition coefficient (Wildman–Crippen LogP) is 2.88. The van der Waals surface area contributed by atoms with Gasteiger partial charge in [-0.15, -0.1) is 0 Å². The van der Waals surface area contributed by atoms with Gasteiger partial charge in [-0.05, 0) is 25.6 Å². The van der Waals surface area contributed by atoms with Crippen molar-refractivity contribution in [2.75, 3.05) is 7.05 Å². The van der Waals surface area contributed by atoms with Crippen LogP contribution in [0.25, 0.3) is 0 Å². The molecule has 7 heteroatoms. The largest absolute Gasteiger partial charge is 0.313 e. The number of hydrogen-bond donors (Lipinski definition) is 1. The van der Waals surface area contributed by atoms with Crippen LogP contribution in [0.15, 0.2) is 35.1 Å². The van der Waals surface area contributed by atoms with Crippen LogP contribution in [0.4, 0.5) is 5.69 Å². The normalized spacial score (nSPS) is 12.3. The van der Waals surface area contributed by atoms with Gasteiger partial charge in [0.05, 0.1) is 17.7 Å². The molecular weight excluding hydrogens is 324 g/mol. The first-order chi connectivity index (χ1) is 9.51. The summed E-state index contributed by atoms with van der Waals surface area (Å²) in [5, 5.41) is 18.1. The Morgan fingerprint density at radius 3 is 2.90 bits per heavy atom. The first-order valence-corrected chi connectivity index (χ1v) is 6.93. The SMILES string of the molecule is CNC(C)c1cnn(Cc2ccc([N+](=O)[O-])cc2Br)c1. The molecule has 2 aromatic rings. The highest BCUT2D eigenvalue weighted by Gasteiger charge is 2.11. The van der Waals surface area contributed by atoms with Crippen LogP contribution in [-0.4, -0.2) is 21.8 Å². The first-order valence-electron chi connectivity index (χ1n) is 6.13. The molecule has 6 nitrogen and oxygen atoms in total. The zero-order valence-electron chi connectivity index (χ0n) is 11.2. The fourth-order valence-electron chi connectivity index (χ4n) is 1.81. The molecular formula is C13H15BrN4O2. The van der Waals surface area contributed by atoms with E-state index in [0.29, 0.717) is 11.0 Å². The smallest absolute Gasteiger partial charge is 0.270 e. The molecule has 0 aliphatic heterocycles. The molecule has 0 saturated heterocycles. The minimum absolute atomic E-state index is 0.0746.